The predicted molar refractivity (Wildman–Crippen MR) is 59.5 cm³/mol. The molecule has 0 aliphatic heterocycles. The van der Waals surface area contributed by atoms with E-state index < -0.39 is 0 Å². The lowest BCUT2D eigenvalue weighted by Crippen LogP contribution is -1.92. The van der Waals surface area contributed by atoms with E-state index in [1.807, 2.05) is 13.0 Å². The third kappa shape index (κ3) is 2.81. The average molecular weight is 188 g/mol. The van der Waals surface area contributed by atoms with Crippen LogP contribution in [0.4, 0.5) is 0 Å². The molecule has 0 fully saturated rings. The van der Waals surface area contributed by atoms with E-state index in [-0.39, 0.29) is 0 Å². The molecule has 0 bridgehead atoms. The van der Waals surface area contributed by atoms with Crippen LogP contribution in [0.2, 0.25) is 0 Å². The van der Waals surface area contributed by atoms with Crippen molar-refractivity contribution in [3.63, 3.8) is 0 Å². The van der Waals surface area contributed by atoms with Crippen LogP contribution < -0.4 is 4.74 Å². The van der Waals surface area contributed by atoms with Crippen molar-refractivity contribution in [2.75, 3.05) is 7.11 Å². The van der Waals surface area contributed by atoms with Gasteiger partial charge in [0.1, 0.15) is 5.75 Å². The van der Waals surface area contributed by atoms with E-state index in [0.717, 1.165) is 18.6 Å². The van der Waals surface area contributed by atoms with Crippen LogP contribution in [-0.2, 0) is 6.42 Å². The molecule has 0 N–H and O–H groups in total. The quantitative estimate of drug-likeness (QED) is 0.663. The molecule has 0 spiro atoms. The number of methoxy groups -OCH3 is 1. The third-order valence-electron chi connectivity index (χ3n) is 2.13. The van der Waals surface area contributed by atoms with Crippen LogP contribution in [0.3, 0.4) is 0 Å². The fraction of sp³-hybridized carbons (Fsp3) is 0.385. The summed E-state index contributed by atoms with van der Waals surface area (Å²) in [5.74, 6) is 6.93. The van der Waals surface area contributed by atoms with Crippen molar-refractivity contribution in [3.05, 3.63) is 29.3 Å². The highest BCUT2D eigenvalue weighted by atomic mass is 16.5. The summed E-state index contributed by atoms with van der Waals surface area (Å²) in [6.07, 6.45) is 1.86. The summed E-state index contributed by atoms with van der Waals surface area (Å²) in [5, 5.41) is 0. The maximum absolute atomic E-state index is 5.28. The van der Waals surface area contributed by atoms with Crippen molar-refractivity contribution in [2.45, 2.75) is 26.7 Å². The lowest BCUT2D eigenvalue weighted by atomic mass is 10.1. The van der Waals surface area contributed by atoms with Gasteiger partial charge in [0, 0.05) is 6.42 Å². The summed E-state index contributed by atoms with van der Waals surface area (Å²) in [6.45, 7) is 3.96. The minimum atomic E-state index is 0.899. The summed E-state index contributed by atoms with van der Waals surface area (Å²) in [5.41, 5.74) is 2.51. The Hall–Kier alpha value is -1.42. The van der Waals surface area contributed by atoms with Crippen LogP contribution in [0.15, 0.2) is 18.2 Å². The Morgan fingerprint density at radius 2 is 2.14 bits per heavy atom. The molecule has 1 heteroatoms. The largest absolute Gasteiger partial charge is 0.496 e. The Labute approximate surface area is 86.1 Å². The maximum Gasteiger partial charge on any atom is 0.122 e. The van der Waals surface area contributed by atoms with Gasteiger partial charge in [0.15, 0.2) is 0 Å². The smallest absolute Gasteiger partial charge is 0.122 e. The molecule has 0 unspecified atom stereocenters. The highest BCUT2D eigenvalue weighted by molar-refractivity contribution is 5.37. The highest BCUT2D eigenvalue weighted by Crippen LogP contribution is 2.20. The van der Waals surface area contributed by atoms with Gasteiger partial charge in [-0.25, -0.2) is 0 Å². The summed E-state index contributed by atoms with van der Waals surface area (Å²) in [6, 6.07) is 6.24. The molecule has 0 radical (unpaired) electrons. The zero-order valence-corrected chi connectivity index (χ0v) is 9.05. The Kier molecular flexibility index (Phi) is 4.07. The van der Waals surface area contributed by atoms with Crippen LogP contribution in [0.25, 0.3) is 0 Å². The third-order valence-corrected chi connectivity index (χ3v) is 2.13. The fourth-order valence-electron chi connectivity index (χ4n) is 1.42. The number of ether oxygens (including phenoxy) is 1. The summed E-state index contributed by atoms with van der Waals surface area (Å²) >= 11 is 0. The number of benzene rings is 1. The summed E-state index contributed by atoms with van der Waals surface area (Å²) < 4.78 is 5.28. The fourth-order valence-corrected chi connectivity index (χ4v) is 1.42. The van der Waals surface area contributed by atoms with Crippen LogP contribution >= 0.6 is 0 Å². The van der Waals surface area contributed by atoms with E-state index in [0.29, 0.717) is 0 Å². The first-order chi connectivity index (χ1) is 6.77. The first-order valence-corrected chi connectivity index (χ1v) is 4.81. The average Bonchev–Trinajstić information content (AvgIpc) is 2.19. The van der Waals surface area contributed by atoms with E-state index in [9.17, 15) is 0 Å². The van der Waals surface area contributed by atoms with Crippen LogP contribution in [0, 0.1) is 18.8 Å². The summed E-state index contributed by atoms with van der Waals surface area (Å²) in [7, 11) is 1.71. The monoisotopic (exact) mass is 188 g/mol. The van der Waals surface area contributed by atoms with E-state index in [1.54, 1.807) is 7.11 Å². The first-order valence-electron chi connectivity index (χ1n) is 4.81. The number of aryl methyl sites for hydroxylation is 2. The molecule has 0 heterocycles. The van der Waals surface area contributed by atoms with Crippen molar-refractivity contribution in [1.82, 2.24) is 0 Å². The number of rotatable bonds is 3. The lowest BCUT2D eigenvalue weighted by Gasteiger charge is -2.07. The van der Waals surface area contributed by atoms with E-state index in [1.165, 1.54) is 11.1 Å². The normalized spacial score (nSPS) is 9.07. The van der Waals surface area contributed by atoms with Gasteiger partial charge in [0.05, 0.1) is 7.11 Å². The topological polar surface area (TPSA) is 9.23 Å². The molecule has 0 aliphatic carbocycles. The minimum absolute atomic E-state index is 0.899. The molecule has 1 rings (SSSR count). The molecule has 74 valence electrons. The lowest BCUT2D eigenvalue weighted by molar-refractivity contribution is 0.409. The SMILES string of the molecule is CC#CCCc1cc(C)ccc1OC. The zero-order chi connectivity index (χ0) is 10.4. The Morgan fingerprint density at radius 1 is 1.36 bits per heavy atom. The van der Waals surface area contributed by atoms with Crippen molar-refractivity contribution in [3.8, 4) is 17.6 Å². The Bertz CT molecular complexity index is 355. The van der Waals surface area contributed by atoms with Crippen LogP contribution in [0.1, 0.15) is 24.5 Å². The van der Waals surface area contributed by atoms with E-state index >= 15 is 0 Å². The van der Waals surface area contributed by atoms with Crippen molar-refractivity contribution < 1.29 is 4.74 Å². The molecule has 0 saturated heterocycles. The van der Waals surface area contributed by atoms with Crippen LogP contribution in [0.5, 0.6) is 5.75 Å². The van der Waals surface area contributed by atoms with Crippen molar-refractivity contribution in [2.24, 2.45) is 0 Å². The van der Waals surface area contributed by atoms with Gasteiger partial charge < -0.3 is 4.74 Å². The number of hydrogen-bond donors (Lipinski definition) is 0. The van der Waals surface area contributed by atoms with Gasteiger partial charge in [-0.05, 0) is 31.9 Å². The molecular formula is C13H16O. The Morgan fingerprint density at radius 3 is 2.79 bits per heavy atom. The molecule has 1 aromatic carbocycles. The molecule has 0 saturated carbocycles. The number of hydrogen-bond acceptors (Lipinski definition) is 1. The van der Waals surface area contributed by atoms with Gasteiger partial charge in [-0.3, -0.25) is 0 Å². The van der Waals surface area contributed by atoms with Crippen molar-refractivity contribution in [1.29, 1.82) is 0 Å². The van der Waals surface area contributed by atoms with Gasteiger partial charge in [-0.1, -0.05) is 17.7 Å². The minimum Gasteiger partial charge on any atom is -0.496 e. The van der Waals surface area contributed by atoms with Gasteiger partial charge >= 0.3 is 0 Å². The van der Waals surface area contributed by atoms with Gasteiger partial charge in [0.2, 0.25) is 0 Å². The van der Waals surface area contributed by atoms with Gasteiger partial charge in [0.25, 0.3) is 0 Å². The second kappa shape index (κ2) is 5.34. The molecule has 1 nitrogen and oxygen atoms in total. The second-order valence-electron chi connectivity index (χ2n) is 3.24. The highest BCUT2D eigenvalue weighted by Gasteiger charge is 2.01. The van der Waals surface area contributed by atoms with E-state index in [4.69, 9.17) is 4.74 Å². The standard InChI is InChI=1S/C13H16O/c1-4-5-6-7-12-10-11(2)8-9-13(12)14-3/h8-10H,6-7H2,1-3H3. The van der Waals surface area contributed by atoms with Gasteiger partial charge in [-0.2, -0.15) is 0 Å². The van der Waals surface area contributed by atoms with Crippen molar-refractivity contribution >= 4 is 0 Å². The Balaban J connectivity index is 2.80. The van der Waals surface area contributed by atoms with Gasteiger partial charge in [-0.15, -0.1) is 11.8 Å². The molecule has 0 atom stereocenters. The summed E-state index contributed by atoms with van der Waals surface area (Å²) in [4.78, 5) is 0. The molecule has 14 heavy (non-hydrogen) atoms. The molecule has 0 amide bonds. The predicted octanol–water partition coefficient (Wildman–Crippen LogP) is 2.96. The molecule has 1 aromatic rings. The van der Waals surface area contributed by atoms with Crippen LogP contribution in [-0.4, -0.2) is 7.11 Å². The zero-order valence-electron chi connectivity index (χ0n) is 9.05. The molecule has 0 aliphatic rings. The molecule has 0 aromatic heterocycles. The van der Waals surface area contributed by atoms with E-state index in [2.05, 4.69) is 30.9 Å². The molecular weight excluding hydrogens is 172 g/mol. The first kappa shape index (κ1) is 10.7. The maximum atomic E-state index is 5.28. The second-order valence-corrected chi connectivity index (χ2v) is 3.24.